The Balaban J connectivity index is 1.91. The zero-order valence-electron chi connectivity index (χ0n) is 11.4. The summed E-state index contributed by atoms with van der Waals surface area (Å²) in [4.78, 5) is 4.45. The molecule has 0 amide bonds. The van der Waals surface area contributed by atoms with E-state index in [4.69, 9.17) is 10.2 Å². The van der Waals surface area contributed by atoms with Crippen LogP contribution in [0, 0.1) is 0 Å². The predicted molar refractivity (Wildman–Crippen MR) is 84.3 cm³/mol. The van der Waals surface area contributed by atoms with Gasteiger partial charge in [0.15, 0.2) is 5.58 Å². The van der Waals surface area contributed by atoms with Crippen molar-refractivity contribution >= 4 is 38.8 Å². The molecule has 0 saturated heterocycles. The number of oxazole rings is 1. The molecular formula is C13H14BrN5OS. The van der Waals surface area contributed by atoms with Crippen molar-refractivity contribution in [1.29, 1.82) is 0 Å². The Labute approximate surface area is 134 Å². The van der Waals surface area contributed by atoms with Crippen LogP contribution in [-0.2, 0) is 13.0 Å². The number of aromatic nitrogens is 4. The van der Waals surface area contributed by atoms with E-state index >= 15 is 0 Å². The Morgan fingerprint density at radius 1 is 1.38 bits per heavy atom. The van der Waals surface area contributed by atoms with Gasteiger partial charge in [0, 0.05) is 29.2 Å². The highest BCUT2D eigenvalue weighted by molar-refractivity contribution is 9.10. The SMILES string of the molecule is CCn1c(CCN)nnc1Sc1nc2ccc(Br)cc2o1. The number of hydrogen-bond acceptors (Lipinski definition) is 6. The molecule has 0 aliphatic rings. The summed E-state index contributed by atoms with van der Waals surface area (Å²) in [5.41, 5.74) is 7.16. The Kier molecular flexibility index (Phi) is 4.27. The van der Waals surface area contributed by atoms with Gasteiger partial charge in [0.25, 0.3) is 5.22 Å². The molecule has 2 heterocycles. The summed E-state index contributed by atoms with van der Waals surface area (Å²) in [6.45, 7) is 3.40. The number of hydrogen-bond donors (Lipinski definition) is 1. The molecule has 6 nitrogen and oxygen atoms in total. The maximum absolute atomic E-state index is 5.74. The highest BCUT2D eigenvalue weighted by Crippen LogP contribution is 2.30. The molecule has 3 aromatic rings. The van der Waals surface area contributed by atoms with Crippen LogP contribution in [0.5, 0.6) is 0 Å². The normalized spacial score (nSPS) is 11.4. The van der Waals surface area contributed by atoms with Gasteiger partial charge in [-0.05, 0) is 31.7 Å². The third kappa shape index (κ3) is 2.97. The van der Waals surface area contributed by atoms with E-state index < -0.39 is 0 Å². The van der Waals surface area contributed by atoms with Crippen molar-refractivity contribution in [2.24, 2.45) is 5.73 Å². The molecule has 2 aromatic heterocycles. The largest absolute Gasteiger partial charge is 0.431 e. The van der Waals surface area contributed by atoms with Crippen molar-refractivity contribution in [1.82, 2.24) is 19.7 Å². The number of fused-ring (bicyclic) bond motifs is 1. The maximum Gasteiger partial charge on any atom is 0.264 e. The number of rotatable bonds is 5. The third-order valence-corrected chi connectivity index (χ3v) is 4.31. The summed E-state index contributed by atoms with van der Waals surface area (Å²) < 4.78 is 8.73. The van der Waals surface area contributed by atoms with Crippen LogP contribution in [-0.4, -0.2) is 26.3 Å². The summed E-state index contributed by atoms with van der Waals surface area (Å²) in [5, 5.41) is 9.71. The van der Waals surface area contributed by atoms with Crippen molar-refractivity contribution in [2.45, 2.75) is 30.3 Å². The second-order valence-electron chi connectivity index (χ2n) is 4.38. The van der Waals surface area contributed by atoms with Crippen molar-refractivity contribution < 1.29 is 4.42 Å². The zero-order chi connectivity index (χ0) is 14.8. The van der Waals surface area contributed by atoms with E-state index in [9.17, 15) is 0 Å². The summed E-state index contributed by atoms with van der Waals surface area (Å²) >= 11 is 4.79. The van der Waals surface area contributed by atoms with Gasteiger partial charge in [-0.1, -0.05) is 15.9 Å². The topological polar surface area (TPSA) is 82.8 Å². The van der Waals surface area contributed by atoms with E-state index in [-0.39, 0.29) is 0 Å². The molecule has 0 atom stereocenters. The van der Waals surface area contributed by atoms with Crippen LogP contribution < -0.4 is 5.73 Å². The molecule has 1 aromatic carbocycles. The summed E-state index contributed by atoms with van der Waals surface area (Å²) in [6, 6.07) is 5.75. The van der Waals surface area contributed by atoms with Gasteiger partial charge in [-0.3, -0.25) is 0 Å². The Morgan fingerprint density at radius 3 is 3.00 bits per heavy atom. The number of nitrogens with zero attached hydrogens (tertiary/aromatic N) is 4. The second kappa shape index (κ2) is 6.17. The minimum atomic E-state index is 0.555. The fraction of sp³-hybridized carbons (Fsp3) is 0.308. The molecular weight excluding hydrogens is 354 g/mol. The van der Waals surface area contributed by atoms with Gasteiger partial charge in [-0.2, -0.15) is 0 Å². The van der Waals surface area contributed by atoms with Gasteiger partial charge >= 0.3 is 0 Å². The monoisotopic (exact) mass is 367 g/mol. The zero-order valence-corrected chi connectivity index (χ0v) is 13.8. The fourth-order valence-corrected chi connectivity index (χ4v) is 3.22. The van der Waals surface area contributed by atoms with Gasteiger partial charge in [-0.15, -0.1) is 10.2 Å². The van der Waals surface area contributed by atoms with Gasteiger partial charge < -0.3 is 14.7 Å². The van der Waals surface area contributed by atoms with E-state index in [1.807, 2.05) is 22.8 Å². The minimum Gasteiger partial charge on any atom is -0.431 e. The summed E-state index contributed by atoms with van der Waals surface area (Å²) in [7, 11) is 0. The first-order valence-electron chi connectivity index (χ1n) is 6.57. The van der Waals surface area contributed by atoms with E-state index in [1.54, 1.807) is 0 Å². The molecule has 3 rings (SSSR count). The standard InChI is InChI=1S/C13H14BrN5OS/c1-2-19-11(5-6-15)17-18-12(19)21-13-16-9-4-3-8(14)7-10(9)20-13/h3-4,7H,2,5-6,15H2,1H3. The quantitative estimate of drug-likeness (QED) is 0.746. The van der Waals surface area contributed by atoms with Gasteiger partial charge in [0.05, 0.1) is 0 Å². The summed E-state index contributed by atoms with van der Waals surface area (Å²) in [6.07, 6.45) is 0.710. The summed E-state index contributed by atoms with van der Waals surface area (Å²) in [5.74, 6) is 0.890. The molecule has 0 saturated carbocycles. The molecule has 0 unspecified atom stereocenters. The molecule has 0 aliphatic heterocycles. The van der Waals surface area contributed by atoms with Crippen molar-refractivity contribution in [2.75, 3.05) is 6.54 Å². The highest BCUT2D eigenvalue weighted by Gasteiger charge is 2.15. The first-order valence-corrected chi connectivity index (χ1v) is 8.18. The molecule has 8 heteroatoms. The third-order valence-electron chi connectivity index (χ3n) is 2.99. The predicted octanol–water partition coefficient (Wildman–Crippen LogP) is 2.85. The lowest BCUT2D eigenvalue weighted by Crippen LogP contribution is -2.09. The second-order valence-corrected chi connectivity index (χ2v) is 6.21. The van der Waals surface area contributed by atoms with Crippen LogP contribution in [0.4, 0.5) is 0 Å². The lowest BCUT2D eigenvalue weighted by molar-refractivity contribution is 0.487. The van der Waals surface area contributed by atoms with Crippen LogP contribution in [0.2, 0.25) is 0 Å². The first-order chi connectivity index (χ1) is 10.2. The maximum atomic E-state index is 5.74. The van der Waals surface area contributed by atoms with E-state index in [2.05, 4.69) is 38.0 Å². The molecule has 21 heavy (non-hydrogen) atoms. The smallest absolute Gasteiger partial charge is 0.264 e. The molecule has 0 bridgehead atoms. The molecule has 2 N–H and O–H groups in total. The van der Waals surface area contributed by atoms with Crippen molar-refractivity contribution in [3.05, 3.63) is 28.5 Å². The van der Waals surface area contributed by atoms with Gasteiger partial charge in [0.1, 0.15) is 11.3 Å². The van der Waals surface area contributed by atoms with Gasteiger partial charge in [0.2, 0.25) is 5.16 Å². The lowest BCUT2D eigenvalue weighted by Gasteiger charge is -2.04. The lowest BCUT2D eigenvalue weighted by atomic mass is 10.3. The number of halogens is 1. The number of benzene rings is 1. The van der Waals surface area contributed by atoms with E-state index in [0.717, 1.165) is 33.1 Å². The van der Waals surface area contributed by atoms with E-state index in [1.165, 1.54) is 11.8 Å². The number of nitrogens with two attached hydrogens (primary N) is 1. The molecule has 0 radical (unpaired) electrons. The van der Waals surface area contributed by atoms with E-state index in [0.29, 0.717) is 18.2 Å². The molecule has 0 aliphatic carbocycles. The van der Waals surface area contributed by atoms with Crippen molar-refractivity contribution in [3.8, 4) is 0 Å². The average Bonchev–Trinajstić information content (AvgIpc) is 3.02. The molecule has 0 spiro atoms. The van der Waals surface area contributed by atoms with Crippen LogP contribution in [0.25, 0.3) is 11.1 Å². The van der Waals surface area contributed by atoms with Crippen LogP contribution >= 0.6 is 27.7 Å². The molecule has 0 fully saturated rings. The Bertz CT molecular complexity index is 769. The highest BCUT2D eigenvalue weighted by atomic mass is 79.9. The Morgan fingerprint density at radius 2 is 2.24 bits per heavy atom. The average molecular weight is 368 g/mol. The first kappa shape index (κ1) is 14.6. The van der Waals surface area contributed by atoms with Crippen LogP contribution in [0.1, 0.15) is 12.7 Å². The Hall–Kier alpha value is -1.38. The van der Waals surface area contributed by atoms with Crippen molar-refractivity contribution in [3.63, 3.8) is 0 Å². The van der Waals surface area contributed by atoms with Gasteiger partial charge in [-0.25, -0.2) is 4.98 Å². The molecule has 110 valence electrons. The van der Waals surface area contributed by atoms with Crippen LogP contribution in [0.3, 0.4) is 0 Å². The minimum absolute atomic E-state index is 0.555. The fourth-order valence-electron chi connectivity index (χ4n) is 2.03. The van der Waals surface area contributed by atoms with Crippen LogP contribution in [0.15, 0.2) is 37.5 Å².